The predicted molar refractivity (Wildman–Crippen MR) is 96.9 cm³/mol. The fourth-order valence-electron chi connectivity index (χ4n) is 3.03. The fourth-order valence-corrected chi connectivity index (χ4v) is 3.26. The van der Waals surface area contributed by atoms with Crippen LogP contribution < -0.4 is 0 Å². The average molecular weight is 396 g/mol. The van der Waals surface area contributed by atoms with Crippen molar-refractivity contribution in [2.75, 3.05) is 26.2 Å². The van der Waals surface area contributed by atoms with Crippen molar-refractivity contribution < 1.29 is 14.1 Å². The molecule has 1 unspecified atom stereocenters. The summed E-state index contributed by atoms with van der Waals surface area (Å²) in [5, 5.41) is 15.1. The largest absolute Gasteiger partial charge is 0.338 e. The van der Waals surface area contributed by atoms with Crippen LogP contribution in [0.3, 0.4) is 0 Å². The lowest BCUT2D eigenvalue weighted by Crippen LogP contribution is -2.50. The number of nitrogens with zero attached hydrogens (tertiary/aromatic N) is 5. The van der Waals surface area contributed by atoms with Crippen molar-refractivity contribution in [3.8, 4) is 0 Å². The zero-order valence-electron chi connectivity index (χ0n) is 14.7. The molecule has 0 saturated carbocycles. The van der Waals surface area contributed by atoms with Crippen LogP contribution in [0.25, 0.3) is 0 Å². The topological polar surface area (TPSA) is 84.5 Å². The van der Waals surface area contributed by atoms with Crippen LogP contribution >= 0.6 is 11.6 Å². The van der Waals surface area contributed by atoms with Gasteiger partial charge in [-0.05, 0) is 24.6 Å². The number of hydrogen-bond donors (Lipinski definition) is 0. The van der Waals surface area contributed by atoms with E-state index in [9.17, 15) is 19.3 Å². The smallest absolute Gasteiger partial charge is 0.307 e. The predicted octanol–water partition coefficient (Wildman–Crippen LogP) is 2.49. The number of amides is 1. The van der Waals surface area contributed by atoms with Crippen molar-refractivity contribution in [3.63, 3.8) is 0 Å². The van der Waals surface area contributed by atoms with Gasteiger partial charge in [-0.1, -0.05) is 17.7 Å². The summed E-state index contributed by atoms with van der Waals surface area (Å²) in [5.41, 5.74) is 0.700. The number of nitro groups is 1. The van der Waals surface area contributed by atoms with Crippen LogP contribution in [0, 0.1) is 15.9 Å². The second-order valence-corrected chi connectivity index (χ2v) is 6.86. The minimum absolute atomic E-state index is 0.132. The molecule has 10 heteroatoms. The first-order valence-electron chi connectivity index (χ1n) is 8.49. The molecule has 1 aliphatic heterocycles. The van der Waals surface area contributed by atoms with E-state index in [0.29, 0.717) is 37.7 Å². The van der Waals surface area contributed by atoms with Crippen molar-refractivity contribution in [2.45, 2.75) is 19.5 Å². The van der Waals surface area contributed by atoms with Crippen molar-refractivity contribution in [2.24, 2.45) is 0 Å². The molecule has 3 rings (SSSR count). The van der Waals surface area contributed by atoms with Gasteiger partial charge in [0, 0.05) is 37.7 Å². The van der Waals surface area contributed by atoms with Gasteiger partial charge in [0.2, 0.25) is 5.91 Å². The minimum Gasteiger partial charge on any atom is -0.338 e. The first-order chi connectivity index (χ1) is 12.8. The van der Waals surface area contributed by atoms with Gasteiger partial charge in [0.25, 0.3) is 0 Å². The molecule has 1 fully saturated rings. The van der Waals surface area contributed by atoms with Crippen LogP contribution in [0.15, 0.2) is 30.6 Å². The van der Waals surface area contributed by atoms with E-state index in [-0.39, 0.29) is 17.4 Å². The van der Waals surface area contributed by atoms with E-state index in [4.69, 9.17) is 11.6 Å². The van der Waals surface area contributed by atoms with E-state index < -0.39 is 11.0 Å². The molecule has 1 amide bonds. The maximum Gasteiger partial charge on any atom is 0.307 e. The summed E-state index contributed by atoms with van der Waals surface area (Å²) < 4.78 is 14.5. The average Bonchev–Trinajstić information content (AvgIpc) is 3.14. The third-order valence-electron chi connectivity index (χ3n) is 4.65. The van der Waals surface area contributed by atoms with Gasteiger partial charge in [-0.25, -0.2) is 4.39 Å². The summed E-state index contributed by atoms with van der Waals surface area (Å²) in [6.45, 7) is 4.64. The van der Waals surface area contributed by atoms with Gasteiger partial charge in [-0.15, -0.1) is 0 Å². The number of aromatic nitrogens is 2. The van der Waals surface area contributed by atoms with Gasteiger partial charge < -0.3 is 4.90 Å². The van der Waals surface area contributed by atoms with Gasteiger partial charge in [-0.2, -0.15) is 5.10 Å². The summed E-state index contributed by atoms with van der Waals surface area (Å²) in [5.74, 6) is -0.500. The molecule has 0 bridgehead atoms. The molecule has 27 heavy (non-hydrogen) atoms. The lowest BCUT2D eigenvalue weighted by molar-refractivity contribution is -0.385. The molecule has 1 aliphatic rings. The second kappa shape index (κ2) is 8.01. The Hall–Kier alpha value is -2.52. The van der Waals surface area contributed by atoms with Gasteiger partial charge in [0.15, 0.2) is 0 Å². The molecule has 1 saturated heterocycles. The maximum atomic E-state index is 13.1. The Bertz CT molecular complexity index is 851. The molecular formula is C17H19ClFN5O3. The first kappa shape index (κ1) is 19.2. The molecule has 8 nitrogen and oxygen atoms in total. The number of rotatable bonds is 5. The van der Waals surface area contributed by atoms with Gasteiger partial charge in [0.1, 0.15) is 24.3 Å². The molecular weight excluding hydrogens is 377 g/mol. The van der Waals surface area contributed by atoms with E-state index in [1.165, 1.54) is 23.0 Å². The Labute approximate surface area is 160 Å². The van der Waals surface area contributed by atoms with Gasteiger partial charge >= 0.3 is 5.69 Å². The van der Waals surface area contributed by atoms with Crippen LogP contribution in [-0.4, -0.2) is 56.6 Å². The van der Waals surface area contributed by atoms with Gasteiger partial charge in [0.05, 0.1) is 4.92 Å². The minimum atomic E-state index is -0.614. The summed E-state index contributed by atoms with van der Waals surface area (Å²) in [6, 6.07) is 3.73. The Kier molecular flexibility index (Phi) is 5.71. The molecule has 0 radical (unpaired) electrons. The highest BCUT2D eigenvalue weighted by Gasteiger charge is 2.27. The fraction of sp³-hybridized carbons (Fsp3) is 0.412. The summed E-state index contributed by atoms with van der Waals surface area (Å²) >= 11 is 6.07. The summed E-state index contributed by atoms with van der Waals surface area (Å²) in [6.07, 6.45) is 2.39. The molecule has 1 atom stereocenters. The highest BCUT2D eigenvalue weighted by molar-refractivity contribution is 6.31. The lowest BCUT2D eigenvalue weighted by atomic mass is 10.2. The first-order valence-corrected chi connectivity index (χ1v) is 8.86. The number of piperazine rings is 1. The standard InChI is InChI=1S/C17H19ClFN5O3/c1-12(23-11-15(9-20-23)24(26)27)17(25)22-6-4-21(5-7-22)10-13-2-3-14(19)8-16(13)18/h2-3,8-9,11-12H,4-7,10H2,1H3. The van der Waals surface area contributed by atoms with E-state index >= 15 is 0 Å². The molecule has 1 aromatic carbocycles. The van der Waals surface area contributed by atoms with E-state index in [1.54, 1.807) is 17.9 Å². The molecule has 0 N–H and O–H groups in total. The Morgan fingerprint density at radius 2 is 2.07 bits per heavy atom. The number of carbonyl (C=O) groups is 1. The number of benzene rings is 1. The van der Waals surface area contributed by atoms with Crippen LogP contribution in [0.5, 0.6) is 0 Å². The van der Waals surface area contributed by atoms with Crippen LogP contribution in [-0.2, 0) is 11.3 Å². The van der Waals surface area contributed by atoms with Crippen molar-refractivity contribution in [3.05, 3.63) is 57.1 Å². The Morgan fingerprint density at radius 3 is 2.67 bits per heavy atom. The summed E-state index contributed by atoms with van der Waals surface area (Å²) in [4.78, 5) is 26.7. The molecule has 1 aromatic heterocycles. The highest BCUT2D eigenvalue weighted by atomic mass is 35.5. The summed E-state index contributed by atoms with van der Waals surface area (Å²) in [7, 11) is 0. The third kappa shape index (κ3) is 4.42. The Morgan fingerprint density at radius 1 is 1.37 bits per heavy atom. The highest BCUT2D eigenvalue weighted by Crippen LogP contribution is 2.21. The zero-order chi connectivity index (χ0) is 19.6. The normalized spacial score (nSPS) is 16.3. The molecule has 0 aliphatic carbocycles. The van der Waals surface area contributed by atoms with Crippen molar-refractivity contribution >= 4 is 23.2 Å². The van der Waals surface area contributed by atoms with Crippen LogP contribution in [0.1, 0.15) is 18.5 Å². The van der Waals surface area contributed by atoms with Crippen molar-refractivity contribution in [1.29, 1.82) is 0 Å². The maximum absolute atomic E-state index is 13.1. The monoisotopic (exact) mass is 395 g/mol. The van der Waals surface area contributed by atoms with Gasteiger partial charge in [-0.3, -0.25) is 24.5 Å². The zero-order valence-corrected chi connectivity index (χ0v) is 15.5. The van der Waals surface area contributed by atoms with E-state index in [0.717, 1.165) is 11.8 Å². The molecule has 0 spiro atoms. The lowest BCUT2D eigenvalue weighted by Gasteiger charge is -2.36. The molecule has 2 heterocycles. The van der Waals surface area contributed by atoms with Crippen molar-refractivity contribution in [1.82, 2.24) is 19.6 Å². The SMILES string of the molecule is CC(C(=O)N1CCN(Cc2ccc(F)cc2Cl)CC1)n1cc([N+](=O)[O-])cn1. The number of halogens is 2. The second-order valence-electron chi connectivity index (χ2n) is 6.45. The van der Waals surface area contributed by atoms with Crippen LogP contribution in [0.4, 0.5) is 10.1 Å². The van der Waals surface area contributed by atoms with E-state index in [1.807, 2.05) is 0 Å². The Balaban J connectivity index is 1.56. The number of hydrogen-bond acceptors (Lipinski definition) is 5. The molecule has 144 valence electrons. The quantitative estimate of drug-likeness (QED) is 0.573. The van der Waals surface area contributed by atoms with Crippen LogP contribution in [0.2, 0.25) is 5.02 Å². The van der Waals surface area contributed by atoms with E-state index in [2.05, 4.69) is 10.00 Å². The molecule has 2 aromatic rings. The third-order valence-corrected chi connectivity index (χ3v) is 5.00. The number of carbonyl (C=O) groups excluding carboxylic acids is 1.